The van der Waals surface area contributed by atoms with E-state index in [2.05, 4.69) is 20.4 Å². The average Bonchev–Trinajstić information content (AvgIpc) is 3.21. The summed E-state index contributed by atoms with van der Waals surface area (Å²) in [5, 5.41) is 7.25. The highest BCUT2D eigenvalue weighted by molar-refractivity contribution is 5.79. The summed E-state index contributed by atoms with van der Waals surface area (Å²) in [6, 6.07) is 14.2. The number of hydrogen-bond donors (Lipinski definition) is 1. The monoisotopic (exact) mass is 389 g/mol. The molecule has 2 aromatic heterocycles. The Kier molecular flexibility index (Phi) is 4.90. The van der Waals surface area contributed by atoms with E-state index in [9.17, 15) is 9.59 Å². The van der Waals surface area contributed by atoms with Crippen molar-refractivity contribution >= 4 is 16.8 Å². The summed E-state index contributed by atoms with van der Waals surface area (Å²) in [7, 11) is 0. The van der Waals surface area contributed by atoms with Gasteiger partial charge in [-0.3, -0.25) is 14.2 Å². The summed E-state index contributed by atoms with van der Waals surface area (Å²) in [6.07, 6.45) is 1.37. The zero-order chi connectivity index (χ0) is 20.4. The summed E-state index contributed by atoms with van der Waals surface area (Å²) in [5.41, 5.74) is 2.23. The van der Waals surface area contributed by atoms with Crippen LogP contribution in [-0.2, 0) is 11.3 Å². The van der Waals surface area contributed by atoms with Gasteiger partial charge in [-0.2, -0.15) is 4.98 Å². The molecule has 0 fully saturated rings. The van der Waals surface area contributed by atoms with Crippen LogP contribution in [0.15, 0.2) is 64.2 Å². The van der Waals surface area contributed by atoms with Gasteiger partial charge in [0.25, 0.3) is 5.56 Å². The van der Waals surface area contributed by atoms with E-state index in [-0.39, 0.29) is 18.0 Å². The highest BCUT2D eigenvalue weighted by Crippen LogP contribution is 2.21. The van der Waals surface area contributed by atoms with Crippen molar-refractivity contribution in [3.8, 4) is 11.4 Å². The smallest absolute Gasteiger partial charge is 0.261 e. The van der Waals surface area contributed by atoms with Gasteiger partial charge >= 0.3 is 0 Å². The number of hydrogen-bond acceptors (Lipinski definition) is 6. The Bertz CT molecular complexity index is 1240. The van der Waals surface area contributed by atoms with E-state index in [0.717, 1.165) is 11.1 Å². The topological polar surface area (TPSA) is 103 Å². The van der Waals surface area contributed by atoms with E-state index in [1.165, 1.54) is 10.9 Å². The van der Waals surface area contributed by atoms with Gasteiger partial charge in [-0.15, -0.1) is 0 Å². The quantitative estimate of drug-likeness (QED) is 0.563. The average molecular weight is 389 g/mol. The van der Waals surface area contributed by atoms with E-state index in [1.54, 1.807) is 25.1 Å². The van der Waals surface area contributed by atoms with E-state index in [0.29, 0.717) is 22.6 Å². The second-order valence-corrected chi connectivity index (χ2v) is 6.76. The van der Waals surface area contributed by atoms with Crippen LogP contribution >= 0.6 is 0 Å². The molecule has 0 radical (unpaired) electrons. The fourth-order valence-corrected chi connectivity index (χ4v) is 3.07. The lowest BCUT2D eigenvalue weighted by Gasteiger charge is -2.11. The number of nitrogens with zero attached hydrogens (tertiary/aromatic N) is 4. The molecule has 146 valence electrons. The molecule has 0 saturated carbocycles. The van der Waals surface area contributed by atoms with Gasteiger partial charge in [0.05, 0.1) is 17.2 Å². The third kappa shape index (κ3) is 3.77. The Morgan fingerprint density at radius 3 is 2.76 bits per heavy atom. The van der Waals surface area contributed by atoms with Crippen LogP contribution in [-0.4, -0.2) is 25.6 Å². The Morgan fingerprint density at radius 1 is 1.17 bits per heavy atom. The summed E-state index contributed by atoms with van der Waals surface area (Å²) < 4.78 is 6.59. The zero-order valence-electron chi connectivity index (χ0n) is 16.0. The molecule has 4 aromatic rings. The molecule has 1 unspecified atom stereocenters. The van der Waals surface area contributed by atoms with Crippen LogP contribution < -0.4 is 10.9 Å². The Hall–Kier alpha value is -3.81. The van der Waals surface area contributed by atoms with Crippen molar-refractivity contribution in [1.82, 2.24) is 25.0 Å². The third-order valence-electron chi connectivity index (χ3n) is 4.62. The molecular formula is C21H19N5O3. The van der Waals surface area contributed by atoms with Crippen molar-refractivity contribution in [2.75, 3.05) is 0 Å². The third-order valence-corrected chi connectivity index (χ3v) is 4.62. The highest BCUT2D eigenvalue weighted by Gasteiger charge is 2.18. The van der Waals surface area contributed by atoms with Gasteiger partial charge in [-0.1, -0.05) is 41.6 Å². The number of benzene rings is 2. The van der Waals surface area contributed by atoms with Crippen molar-refractivity contribution in [1.29, 1.82) is 0 Å². The van der Waals surface area contributed by atoms with Crippen LogP contribution in [0.3, 0.4) is 0 Å². The number of fused-ring (bicyclic) bond motifs is 1. The first-order valence-corrected chi connectivity index (χ1v) is 9.16. The maximum Gasteiger partial charge on any atom is 0.261 e. The predicted molar refractivity (Wildman–Crippen MR) is 107 cm³/mol. The molecule has 2 heterocycles. The number of rotatable bonds is 5. The van der Waals surface area contributed by atoms with Crippen LogP contribution in [0.5, 0.6) is 0 Å². The molecule has 1 amide bonds. The molecule has 8 heteroatoms. The second-order valence-electron chi connectivity index (χ2n) is 6.76. The number of para-hydroxylation sites is 1. The summed E-state index contributed by atoms with van der Waals surface area (Å²) in [5.74, 6) is 0.405. The van der Waals surface area contributed by atoms with Crippen LogP contribution in [0.25, 0.3) is 22.3 Å². The molecule has 1 atom stereocenters. The summed E-state index contributed by atoms with van der Waals surface area (Å²) in [6.45, 7) is 3.56. The maximum absolute atomic E-state index is 12.5. The number of aromatic nitrogens is 4. The van der Waals surface area contributed by atoms with Crippen LogP contribution in [0, 0.1) is 6.92 Å². The predicted octanol–water partition coefficient (Wildman–Crippen LogP) is 2.63. The fraction of sp³-hybridized carbons (Fsp3) is 0.190. The standard InChI is InChI=1S/C21H19N5O3/c1-13-7-3-4-8-15(13)19-24-20(29-25-19)14(2)23-18(27)11-26-12-22-17-10-6-5-9-16(17)21(26)28/h3-10,12,14H,11H2,1-2H3,(H,23,27). The molecule has 0 spiro atoms. The van der Waals surface area contributed by atoms with Crippen molar-refractivity contribution in [3.05, 3.63) is 76.7 Å². The first-order valence-electron chi connectivity index (χ1n) is 9.16. The van der Waals surface area contributed by atoms with Crippen LogP contribution in [0.1, 0.15) is 24.4 Å². The molecule has 29 heavy (non-hydrogen) atoms. The lowest BCUT2D eigenvalue weighted by Crippen LogP contribution is -2.34. The van der Waals surface area contributed by atoms with Crippen molar-refractivity contribution in [2.24, 2.45) is 0 Å². The Morgan fingerprint density at radius 2 is 1.93 bits per heavy atom. The fourth-order valence-electron chi connectivity index (χ4n) is 3.07. The van der Waals surface area contributed by atoms with E-state index < -0.39 is 6.04 Å². The van der Waals surface area contributed by atoms with Crippen LogP contribution in [0.2, 0.25) is 0 Å². The van der Waals surface area contributed by atoms with Gasteiger partial charge < -0.3 is 9.84 Å². The molecule has 0 aliphatic heterocycles. The van der Waals surface area contributed by atoms with Gasteiger partial charge in [-0.05, 0) is 31.5 Å². The first-order chi connectivity index (χ1) is 14.0. The SMILES string of the molecule is Cc1ccccc1-c1noc(C(C)NC(=O)Cn2cnc3ccccc3c2=O)n1. The minimum Gasteiger partial charge on any atom is -0.343 e. The minimum absolute atomic E-state index is 0.153. The Balaban J connectivity index is 1.47. The molecule has 4 rings (SSSR count). The number of nitrogens with one attached hydrogen (secondary N) is 1. The lowest BCUT2D eigenvalue weighted by molar-refractivity contribution is -0.122. The molecule has 1 N–H and O–H groups in total. The number of aryl methyl sites for hydroxylation is 1. The molecular weight excluding hydrogens is 370 g/mol. The van der Waals surface area contributed by atoms with Gasteiger partial charge in [0, 0.05) is 5.56 Å². The molecule has 0 bridgehead atoms. The zero-order valence-corrected chi connectivity index (χ0v) is 16.0. The molecule has 0 aliphatic carbocycles. The van der Waals surface area contributed by atoms with Crippen molar-refractivity contribution in [3.63, 3.8) is 0 Å². The van der Waals surface area contributed by atoms with E-state index >= 15 is 0 Å². The van der Waals surface area contributed by atoms with Crippen LogP contribution in [0.4, 0.5) is 0 Å². The van der Waals surface area contributed by atoms with Crippen molar-refractivity contribution in [2.45, 2.75) is 26.4 Å². The first kappa shape index (κ1) is 18.5. The summed E-state index contributed by atoms with van der Waals surface area (Å²) in [4.78, 5) is 33.5. The van der Waals surface area contributed by atoms with Gasteiger partial charge in [0.1, 0.15) is 12.6 Å². The van der Waals surface area contributed by atoms with Gasteiger partial charge in [0.15, 0.2) is 0 Å². The normalized spacial score (nSPS) is 12.1. The number of carbonyl (C=O) groups excluding carboxylic acids is 1. The van der Waals surface area contributed by atoms with E-state index in [4.69, 9.17) is 4.52 Å². The number of amides is 1. The number of carbonyl (C=O) groups is 1. The largest absolute Gasteiger partial charge is 0.343 e. The summed E-state index contributed by atoms with van der Waals surface area (Å²) >= 11 is 0. The molecule has 0 saturated heterocycles. The lowest BCUT2D eigenvalue weighted by atomic mass is 10.1. The molecule has 2 aromatic carbocycles. The van der Waals surface area contributed by atoms with Gasteiger partial charge in [-0.25, -0.2) is 4.98 Å². The highest BCUT2D eigenvalue weighted by atomic mass is 16.5. The second kappa shape index (κ2) is 7.67. The molecule has 0 aliphatic rings. The van der Waals surface area contributed by atoms with Crippen molar-refractivity contribution < 1.29 is 9.32 Å². The Labute approximate surface area is 166 Å². The molecule has 8 nitrogen and oxygen atoms in total. The maximum atomic E-state index is 12.5. The van der Waals surface area contributed by atoms with Gasteiger partial charge in [0.2, 0.25) is 17.6 Å². The van der Waals surface area contributed by atoms with E-state index in [1.807, 2.05) is 37.3 Å². The minimum atomic E-state index is -0.503.